The fourth-order valence-electron chi connectivity index (χ4n) is 2.83. The number of rotatable bonds is 6. The van der Waals surface area contributed by atoms with Crippen molar-refractivity contribution < 1.29 is 14.3 Å². The Hall–Kier alpha value is -3.68. The summed E-state index contributed by atoms with van der Waals surface area (Å²) in [5.74, 6) is 0.0771. The van der Waals surface area contributed by atoms with Crippen LogP contribution in [-0.4, -0.2) is 33.9 Å². The fourth-order valence-corrected chi connectivity index (χ4v) is 2.83. The van der Waals surface area contributed by atoms with Crippen LogP contribution in [0.25, 0.3) is 5.69 Å². The van der Waals surface area contributed by atoms with E-state index in [1.54, 1.807) is 30.8 Å². The molecule has 1 heterocycles. The zero-order valence-electron chi connectivity index (χ0n) is 17.7. The van der Waals surface area contributed by atoms with Gasteiger partial charge >= 0.3 is 0 Å². The van der Waals surface area contributed by atoms with Gasteiger partial charge in [-0.3, -0.25) is 9.59 Å². The summed E-state index contributed by atoms with van der Waals surface area (Å²) in [5.41, 5.74) is 3.64. The Morgan fingerprint density at radius 1 is 1.07 bits per heavy atom. The Morgan fingerprint density at radius 3 is 2.53 bits per heavy atom. The third-order valence-electron chi connectivity index (χ3n) is 4.69. The van der Waals surface area contributed by atoms with E-state index < -0.39 is 0 Å². The van der Waals surface area contributed by atoms with Crippen molar-refractivity contribution in [1.29, 1.82) is 0 Å². The van der Waals surface area contributed by atoms with Crippen LogP contribution in [0.4, 0.5) is 11.4 Å². The third kappa shape index (κ3) is 4.48. The molecule has 0 radical (unpaired) electrons. The quantitative estimate of drug-likeness (QED) is 0.649. The average Bonchev–Trinajstić information content (AvgIpc) is 3.11. The van der Waals surface area contributed by atoms with Crippen molar-refractivity contribution in [3.63, 3.8) is 0 Å². The van der Waals surface area contributed by atoms with Gasteiger partial charge in [0.1, 0.15) is 5.75 Å². The number of carbonyl (C=O) groups excluding carboxylic acids is 2. The van der Waals surface area contributed by atoms with Gasteiger partial charge in [0, 0.05) is 23.4 Å². The number of aromatic nitrogens is 3. The van der Waals surface area contributed by atoms with Crippen LogP contribution in [0.2, 0.25) is 0 Å². The van der Waals surface area contributed by atoms with Crippen LogP contribution < -0.4 is 15.4 Å². The van der Waals surface area contributed by atoms with E-state index in [9.17, 15) is 9.59 Å². The van der Waals surface area contributed by atoms with Gasteiger partial charge in [0.15, 0.2) is 5.69 Å². The molecule has 0 saturated heterocycles. The number of methoxy groups -OCH3 is 1. The average molecular weight is 407 g/mol. The SMILES string of the molecule is COc1cccc(-n2nnc(C(=O)Nc3cc(NC(=O)C(C)C)ccc3C)c2C)c1. The van der Waals surface area contributed by atoms with Gasteiger partial charge in [-0.25, -0.2) is 4.68 Å². The van der Waals surface area contributed by atoms with Crippen molar-refractivity contribution >= 4 is 23.2 Å². The van der Waals surface area contributed by atoms with Gasteiger partial charge in [-0.2, -0.15) is 0 Å². The molecule has 8 nitrogen and oxygen atoms in total. The van der Waals surface area contributed by atoms with Crippen LogP contribution in [0, 0.1) is 19.8 Å². The largest absolute Gasteiger partial charge is 0.497 e. The highest BCUT2D eigenvalue weighted by molar-refractivity contribution is 6.04. The van der Waals surface area contributed by atoms with Gasteiger partial charge in [0.2, 0.25) is 5.91 Å². The van der Waals surface area contributed by atoms with Crippen LogP contribution in [0.1, 0.15) is 35.6 Å². The van der Waals surface area contributed by atoms with E-state index in [1.807, 2.05) is 51.1 Å². The van der Waals surface area contributed by atoms with Gasteiger partial charge in [0.05, 0.1) is 18.5 Å². The van der Waals surface area contributed by atoms with Gasteiger partial charge in [-0.1, -0.05) is 31.2 Å². The minimum absolute atomic E-state index is 0.0896. The van der Waals surface area contributed by atoms with Crippen molar-refractivity contribution in [3.8, 4) is 11.4 Å². The van der Waals surface area contributed by atoms with E-state index in [2.05, 4.69) is 20.9 Å². The Labute approximate surface area is 175 Å². The first-order valence-electron chi connectivity index (χ1n) is 9.59. The summed E-state index contributed by atoms with van der Waals surface area (Å²) in [6.45, 7) is 7.30. The van der Waals surface area contributed by atoms with Crippen molar-refractivity contribution in [2.24, 2.45) is 5.92 Å². The molecule has 0 unspecified atom stereocenters. The number of aryl methyl sites for hydroxylation is 1. The summed E-state index contributed by atoms with van der Waals surface area (Å²) in [6.07, 6.45) is 0. The first-order valence-corrected chi connectivity index (χ1v) is 9.59. The number of amides is 2. The lowest BCUT2D eigenvalue weighted by Crippen LogP contribution is -2.18. The van der Waals surface area contributed by atoms with E-state index >= 15 is 0 Å². The van der Waals surface area contributed by atoms with Gasteiger partial charge in [-0.05, 0) is 43.7 Å². The summed E-state index contributed by atoms with van der Waals surface area (Å²) in [6, 6.07) is 12.7. The molecule has 1 aromatic heterocycles. The molecule has 30 heavy (non-hydrogen) atoms. The lowest BCUT2D eigenvalue weighted by Gasteiger charge is -2.12. The number of nitrogens with one attached hydrogen (secondary N) is 2. The predicted molar refractivity (Wildman–Crippen MR) is 115 cm³/mol. The number of hydrogen-bond donors (Lipinski definition) is 2. The molecule has 2 amide bonds. The van der Waals surface area contributed by atoms with E-state index in [1.165, 1.54) is 0 Å². The third-order valence-corrected chi connectivity index (χ3v) is 4.69. The molecule has 2 N–H and O–H groups in total. The number of hydrogen-bond acceptors (Lipinski definition) is 5. The Balaban J connectivity index is 1.83. The van der Waals surface area contributed by atoms with E-state index in [0.29, 0.717) is 22.8 Å². The van der Waals surface area contributed by atoms with Crippen LogP contribution in [-0.2, 0) is 4.79 Å². The molecular formula is C22H25N5O3. The van der Waals surface area contributed by atoms with Crippen LogP contribution >= 0.6 is 0 Å². The topological polar surface area (TPSA) is 98.1 Å². The summed E-state index contributed by atoms with van der Waals surface area (Å²) in [7, 11) is 1.59. The number of nitrogens with zero attached hydrogens (tertiary/aromatic N) is 3. The molecule has 156 valence electrons. The molecule has 0 aliphatic carbocycles. The van der Waals surface area contributed by atoms with E-state index in [0.717, 1.165) is 11.3 Å². The van der Waals surface area contributed by atoms with E-state index in [-0.39, 0.29) is 23.4 Å². The lowest BCUT2D eigenvalue weighted by molar-refractivity contribution is -0.118. The highest BCUT2D eigenvalue weighted by Crippen LogP contribution is 2.23. The fraction of sp³-hybridized carbons (Fsp3) is 0.273. The highest BCUT2D eigenvalue weighted by atomic mass is 16.5. The zero-order valence-corrected chi connectivity index (χ0v) is 17.7. The molecular weight excluding hydrogens is 382 g/mol. The molecule has 0 atom stereocenters. The monoisotopic (exact) mass is 407 g/mol. The minimum atomic E-state index is -0.378. The van der Waals surface area contributed by atoms with E-state index in [4.69, 9.17) is 4.74 Å². The highest BCUT2D eigenvalue weighted by Gasteiger charge is 2.19. The standard InChI is InChI=1S/C22H25N5O3/c1-13(2)21(28)23-16-10-9-14(3)19(11-16)24-22(29)20-15(4)27(26-25-20)17-7-6-8-18(12-17)30-5/h6-13H,1-5H3,(H,23,28)(H,24,29). The zero-order chi connectivity index (χ0) is 21.8. The molecule has 0 spiro atoms. The first-order chi connectivity index (χ1) is 14.3. The van der Waals surface area contributed by atoms with Crippen molar-refractivity contribution in [1.82, 2.24) is 15.0 Å². The van der Waals surface area contributed by atoms with Crippen LogP contribution in [0.15, 0.2) is 42.5 Å². The summed E-state index contributed by atoms with van der Waals surface area (Å²) >= 11 is 0. The molecule has 0 fully saturated rings. The predicted octanol–water partition coefficient (Wildman–Crippen LogP) is 3.74. The minimum Gasteiger partial charge on any atom is -0.497 e. The smallest absolute Gasteiger partial charge is 0.278 e. The van der Waals surface area contributed by atoms with Crippen LogP contribution in [0.5, 0.6) is 5.75 Å². The number of ether oxygens (including phenoxy) is 1. The second kappa shape index (κ2) is 8.77. The maximum Gasteiger partial charge on any atom is 0.278 e. The summed E-state index contributed by atoms with van der Waals surface area (Å²) in [5, 5.41) is 13.9. The Bertz CT molecular complexity index is 1090. The lowest BCUT2D eigenvalue weighted by atomic mass is 10.1. The second-order valence-corrected chi connectivity index (χ2v) is 7.26. The Kier molecular flexibility index (Phi) is 6.15. The Morgan fingerprint density at radius 2 is 1.83 bits per heavy atom. The molecule has 3 rings (SSSR count). The van der Waals surface area contributed by atoms with Gasteiger partial charge in [-0.15, -0.1) is 5.10 Å². The summed E-state index contributed by atoms with van der Waals surface area (Å²) in [4.78, 5) is 24.8. The van der Waals surface area contributed by atoms with Crippen LogP contribution in [0.3, 0.4) is 0 Å². The van der Waals surface area contributed by atoms with Gasteiger partial charge < -0.3 is 15.4 Å². The van der Waals surface area contributed by atoms with Gasteiger partial charge in [0.25, 0.3) is 5.91 Å². The van der Waals surface area contributed by atoms with Crippen molar-refractivity contribution in [2.45, 2.75) is 27.7 Å². The molecule has 3 aromatic rings. The molecule has 0 bridgehead atoms. The van der Waals surface area contributed by atoms with Crippen molar-refractivity contribution in [2.75, 3.05) is 17.7 Å². The normalized spacial score (nSPS) is 10.7. The second-order valence-electron chi connectivity index (χ2n) is 7.26. The first kappa shape index (κ1) is 21.0. The number of anilines is 2. The molecule has 2 aromatic carbocycles. The summed E-state index contributed by atoms with van der Waals surface area (Å²) < 4.78 is 6.83. The molecule has 0 aliphatic heterocycles. The maximum absolute atomic E-state index is 12.9. The number of carbonyl (C=O) groups is 2. The maximum atomic E-state index is 12.9. The molecule has 8 heteroatoms. The number of benzene rings is 2. The van der Waals surface area contributed by atoms with Crippen molar-refractivity contribution in [3.05, 3.63) is 59.4 Å². The molecule has 0 aliphatic rings. The molecule has 0 saturated carbocycles.